The molecule has 1 unspecified atom stereocenters. The molecule has 0 radical (unpaired) electrons. The number of amides is 1. The van der Waals surface area contributed by atoms with E-state index >= 15 is 0 Å². The summed E-state index contributed by atoms with van der Waals surface area (Å²) in [4.78, 5) is 27.8. The third-order valence-electron chi connectivity index (χ3n) is 4.81. The van der Waals surface area contributed by atoms with Crippen molar-refractivity contribution in [1.29, 1.82) is 0 Å². The van der Waals surface area contributed by atoms with E-state index in [2.05, 4.69) is 20.4 Å². The zero-order valence-electron chi connectivity index (χ0n) is 16.8. The lowest BCUT2D eigenvalue weighted by Crippen LogP contribution is -2.21. The smallest absolute Gasteiger partial charge is 0.253 e. The van der Waals surface area contributed by atoms with Crippen molar-refractivity contribution in [3.63, 3.8) is 0 Å². The standard InChI is InChI=1S/C23H28N2O2/c1-7-16(3)22(17(4)26)21-15-20(13-14-25(21)8-2)18-9-11-19(12-10-18)23(27)24(5)6/h8-16H,2,7H2,1,3-6H3/b22-21+. The molecule has 1 atom stereocenters. The molecule has 1 aliphatic heterocycles. The maximum atomic E-state index is 12.3. The zero-order valence-corrected chi connectivity index (χ0v) is 16.8. The Labute approximate surface area is 162 Å². The van der Waals surface area contributed by atoms with E-state index in [1.165, 1.54) is 0 Å². The van der Waals surface area contributed by atoms with Crippen molar-refractivity contribution in [1.82, 2.24) is 9.80 Å². The number of carbonyl (C=O) groups excluding carboxylic acids is 2. The molecule has 0 aliphatic carbocycles. The van der Waals surface area contributed by atoms with Gasteiger partial charge >= 0.3 is 0 Å². The van der Waals surface area contributed by atoms with Crippen LogP contribution >= 0.6 is 0 Å². The average Bonchev–Trinajstić information content (AvgIpc) is 2.67. The lowest BCUT2D eigenvalue weighted by Gasteiger charge is -2.26. The topological polar surface area (TPSA) is 40.6 Å². The number of carbonyl (C=O) groups is 2. The van der Waals surface area contributed by atoms with Crippen LogP contribution in [0.3, 0.4) is 0 Å². The Hall–Kier alpha value is -2.88. The maximum Gasteiger partial charge on any atom is 0.253 e. The summed E-state index contributed by atoms with van der Waals surface area (Å²) in [6.45, 7) is 9.63. The summed E-state index contributed by atoms with van der Waals surface area (Å²) < 4.78 is 0. The summed E-state index contributed by atoms with van der Waals surface area (Å²) in [5.41, 5.74) is 4.30. The van der Waals surface area contributed by atoms with Gasteiger partial charge in [-0.2, -0.15) is 0 Å². The molecule has 0 saturated heterocycles. The molecular weight excluding hydrogens is 336 g/mol. The number of ketones is 1. The Morgan fingerprint density at radius 3 is 2.33 bits per heavy atom. The van der Waals surface area contributed by atoms with Gasteiger partial charge in [-0.05, 0) is 54.7 Å². The van der Waals surface area contributed by atoms with Crippen LogP contribution in [0.15, 0.2) is 66.7 Å². The van der Waals surface area contributed by atoms with Crippen LogP contribution < -0.4 is 0 Å². The van der Waals surface area contributed by atoms with Gasteiger partial charge in [0.1, 0.15) is 0 Å². The van der Waals surface area contributed by atoms with E-state index in [1.807, 2.05) is 47.5 Å². The van der Waals surface area contributed by atoms with Crippen LogP contribution in [-0.2, 0) is 4.79 Å². The lowest BCUT2D eigenvalue weighted by atomic mass is 9.90. The highest BCUT2D eigenvalue weighted by molar-refractivity contribution is 5.96. The van der Waals surface area contributed by atoms with Gasteiger partial charge < -0.3 is 9.80 Å². The zero-order chi connectivity index (χ0) is 20.1. The molecular formula is C23H28N2O2. The van der Waals surface area contributed by atoms with Gasteiger partial charge in [0.05, 0.1) is 5.70 Å². The number of nitrogens with zero attached hydrogens (tertiary/aromatic N) is 2. The summed E-state index contributed by atoms with van der Waals surface area (Å²) >= 11 is 0. The van der Waals surface area contributed by atoms with Crippen LogP contribution in [0.25, 0.3) is 5.57 Å². The highest BCUT2D eigenvalue weighted by Gasteiger charge is 2.21. The Kier molecular flexibility index (Phi) is 6.56. The third-order valence-corrected chi connectivity index (χ3v) is 4.81. The van der Waals surface area contributed by atoms with Crippen molar-refractivity contribution >= 4 is 17.3 Å². The van der Waals surface area contributed by atoms with E-state index in [0.29, 0.717) is 5.56 Å². The van der Waals surface area contributed by atoms with Gasteiger partial charge in [-0.1, -0.05) is 32.6 Å². The second-order valence-electron chi connectivity index (χ2n) is 6.95. The molecule has 0 fully saturated rings. The van der Waals surface area contributed by atoms with Crippen molar-refractivity contribution in [2.45, 2.75) is 27.2 Å². The monoisotopic (exact) mass is 364 g/mol. The van der Waals surface area contributed by atoms with Crippen molar-refractivity contribution in [3.05, 3.63) is 77.8 Å². The van der Waals surface area contributed by atoms with Gasteiger partial charge in [0.2, 0.25) is 0 Å². The minimum atomic E-state index is -0.0243. The molecule has 0 saturated carbocycles. The number of allylic oxidation sites excluding steroid dienone is 4. The molecule has 142 valence electrons. The number of rotatable bonds is 6. The van der Waals surface area contributed by atoms with E-state index in [4.69, 9.17) is 0 Å². The van der Waals surface area contributed by atoms with Crippen molar-refractivity contribution in [2.75, 3.05) is 14.1 Å². The van der Waals surface area contributed by atoms with Gasteiger partial charge in [-0.3, -0.25) is 9.59 Å². The molecule has 0 bridgehead atoms. The van der Waals surface area contributed by atoms with E-state index < -0.39 is 0 Å². The van der Waals surface area contributed by atoms with Gasteiger partial charge in [0.25, 0.3) is 5.91 Å². The molecule has 0 N–H and O–H groups in total. The molecule has 4 nitrogen and oxygen atoms in total. The van der Waals surface area contributed by atoms with Crippen LogP contribution in [-0.4, -0.2) is 35.6 Å². The Balaban J connectivity index is 2.50. The fourth-order valence-electron chi connectivity index (χ4n) is 3.11. The molecule has 1 aromatic carbocycles. The molecule has 1 aliphatic rings. The van der Waals surface area contributed by atoms with Gasteiger partial charge in [0, 0.05) is 37.6 Å². The Morgan fingerprint density at radius 1 is 1.22 bits per heavy atom. The minimum absolute atomic E-state index is 0.0243. The molecule has 1 heterocycles. The molecule has 0 aromatic heterocycles. The SMILES string of the molecule is C=CN1C=CC(c2ccc(C(=O)N(C)C)cc2)=C/C1=C(\C(C)=O)C(C)CC. The molecule has 27 heavy (non-hydrogen) atoms. The normalized spacial score (nSPS) is 16.5. The third kappa shape index (κ3) is 4.45. The van der Waals surface area contributed by atoms with E-state index in [1.54, 1.807) is 32.1 Å². The van der Waals surface area contributed by atoms with E-state index in [-0.39, 0.29) is 17.6 Å². The van der Waals surface area contributed by atoms with Crippen molar-refractivity contribution in [3.8, 4) is 0 Å². The van der Waals surface area contributed by atoms with Gasteiger partial charge in [0.15, 0.2) is 5.78 Å². The number of hydrogen-bond acceptors (Lipinski definition) is 3. The molecule has 2 rings (SSSR count). The molecule has 1 aromatic rings. The maximum absolute atomic E-state index is 12.3. The molecule has 1 amide bonds. The minimum Gasteiger partial charge on any atom is -0.345 e. The largest absolute Gasteiger partial charge is 0.345 e. The quantitative estimate of drug-likeness (QED) is 0.691. The van der Waals surface area contributed by atoms with Crippen LogP contribution in [0.4, 0.5) is 0 Å². The van der Waals surface area contributed by atoms with E-state index in [0.717, 1.165) is 28.8 Å². The fraction of sp³-hybridized carbons (Fsp3) is 0.304. The number of Topliss-reactive ketones (excluding diaryl/α,β-unsaturated/α-hetero) is 1. The first-order valence-corrected chi connectivity index (χ1v) is 9.18. The Bertz CT molecular complexity index is 826. The summed E-state index contributed by atoms with van der Waals surface area (Å²) in [5.74, 6) is 0.205. The summed E-state index contributed by atoms with van der Waals surface area (Å²) in [5, 5.41) is 0. The molecule has 4 heteroatoms. The highest BCUT2D eigenvalue weighted by atomic mass is 16.2. The first-order valence-electron chi connectivity index (χ1n) is 9.18. The average molecular weight is 364 g/mol. The van der Waals surface area contributed by atoms with Gasteiger partial charge in [-0.15, -0.1) is 0 Å². The van der Waals surface area contributed by atoms with Crippen molar-refractivity contribution < 1.29 is 9.59 Å². The number of benzene rings is 1. The van der Waals surface area contributed by atoms with E-state index in [9.17, 15) is 9.59 Å². The first-order chi connectivity index (χ1) is 12.8. The predicted octanol–water partition coefficient (Wildman–Crippen LogP) is 4.63. The summed E-state index contributed by atoms with van der Waals surface area (Å²) in [6, 6.07) is 7.53. The van der Waals surface area contributed by atoms with Crippen LogP contribution in [0.1, 0.15) is 43.1 Å². The molecule has 0 spiro atoms. The highest BCUT2D eigenvalue weighted by Crippen LogP contribution is 2.31. The van der Waals surface area contributed by atoms with Crippen LogP contribution in [0.5, 0.6) is 0 Å². The fourth-order valence-corrected chi connectivity index (χ4v) is 3.11. The van der Waals surface area contributed by atoms with Crippen LogP contribution in [0, 0.1) is 5.92 Å². The second kappa shape index (κ2) is 8.67. The lowest BCUT2D eigenvalue weighted by molar-refractivity contribution is -0.114. The van der Waals surface area contributed by atoms with Crippen molar-refractivity contribution in [2.24, 2.45) is 5.92 Å². The first kappa shape index (κ1) is 20.4. The van der Waals surface area contributed by atoms with Crippen LogP contribution in [0.2, 0.25) is 0 Å². The van der Waals surface area contributed by atoms with Gasteiger partial charge in [-0.25, -0.2) is 0 Å². The summed E-state index contributed by atoms with van der Waals surface area (Å²) in [6.07, 6.45) is 8.53. The predicted molar refractivity (Wildman–Crippen MR) is 111 cm³/mol. The number of hydrogen-bond donors (Lipinski definition) is 0. The summed E-state index contributed by atoms with van der Waals surface area (Å²) in [7, 11) is 3.48. The second-order valence-corrected chi connectivity index (χ2v) is 6.95. The Morgan fingerprint density at radius 2 is 1.85 bits per heavy atom.